The molecule has 0 aliphatic carbocycles. The largest absolute Gasteiger partial charge is 0.462 e. The lowest BCUT2D eigenvalue weighted by molar-refractivity contribution is 0.0526. The summed E-state index contributed by atoms with van der Waals surface area (Å²) >= 11 is 0. The molecule has 0 aromatic heterocycles. The van der Waals surface area contributed by atoms with E-state index in [1.165, 1.54) is 30.3 Å². The van der Waals surface area contributed by atoms with Crippen molar-refractivity contribution < 1.29 is 22.7 Å². The van der Waals surface area contributed by atoms with Crippen molar-refractivity contribution in [3.05, 3.63) is 89.5 Å². The number of hydrogen-bond donors (Lipinski definition) is 2. The van der Waals surface area contributed by atoms with Crippen LogP contribution in [0.5, 0.6) is 0 Å². The first-order valence-corrected chi connectivity index (χ1v) is 11.0. The smallest absolute Gasteiger partial charge is 0.338 e. The quantitative estimate of drug-likeness (QED) is 0.538. The van der Waals surface area contributed by atoms with Gasteiger partial charge >= 0.3 is 5.97 Å². The standard InChI is InChI=1S/C23H22N2O5S/c1-3-30-23(27)18-7-4-8-20(14-18)24-22(26)17-6-5-9-21(15-17)31(28,29)25-19-12-10-16(2)11-13-19/h4-15,25H,3H2,1-2H3,(H,24,26). The van der Waals surface area contributed by atoms with Crippen LogP contribution in [0.15, 0.2) is 77.7 Å². The lowest BCUT2D eigenvalue weighted by atomic mass is 10.1. The number of hydrogen-bond acceptors (Lipinski definition) is 5. The van der Waals surface area contributed by atoms with Crippen molar-refractivity contribution in [3.63, 3.8) is 0 Å². The second-order valence-electron chi connectivity index (χ2n) is 6.75. The van der Waals surface area contributed by atoms with Crippen LogP contribution in [0.4, 0.5) is 11.4 Å². The highest BCUT2D eigenvalue weighted by molar-refractivity contribution is 7.92. The minimum atomic E-state index is -3.87. The summed E-state index contributed by atoms with van der Waals surface area (Å²) in [6.07, 6.45) is 0. The summed E-state index contributed by atoms with van der Waals surface area (Å²) < 4.78 is 32.9. The zero-order chi connectivity index (χ0) is 22.4. The Kier molecular flexibility index (Phi) is 6.71. The van der Waals surface area contributed by atoms with E-state index in [9.17, 15) is 18.0 Å². The Morgan fingerprint density at radius 3 is 2.26 bits per heavy atom. The summed E-state index contributed by atoms with van der Waals surface area (Å²) in [4.78, 5) is 24.5. The zero-order valence-corrected chi connectivity index (χ0v) is 17.9. The molecule has 3 rings (SSSR count). The summed E-state index contributed by atoms with van der Waals surface area (Å²) in [5, 5.41) is 2.67. The Labute approximate surface area is 181 Å². The van der Waals surface area contributed by atoms with Gasteiger partial charge in [-0.1, -0.05) is 29.8 Å². The van der Waals surface area contributed by atoms with Crippen LogP contribution in [-0.4, -0.2) is 26.9 Å². The first-order valence-electron chi connectivity index (χ1n) is 9.56. The summed E-state index contributed by atoms with van der Waals surface area (Å²) in [6, 6.07) is 19.0. The third kappa shape index (κ3) is 5.70. The third-order valence-electron chi connectivity index (χ3n) is 4.34. The highest BCUT2D eigenvalue weighted by Crippen LogP contribution is 2.19. The Morgan fingerprint density at radius 1 is 0.871 bits per heavy atom. The van der Waals surface area contributed by atoms with Crippen LogP contribution in [0.3, 0.4) is 0 Å². The highest BCUT2D eigenvalue weighted by atomic mass is 32.2. The predicted molar refractivity (Wildman–Crippen MR) is 119 cm³/mol. The van der Waals surface area contributed by atoms with E-state index in [1.54, 1.807) is 49.4 Å². The molecule has 3 aromatic rings. The van der Waals surface area contributed by atoms with Crippen LogP contribution in [-0.2, 0) is 14.8 Å². The van der Waals surface area contributed by atoms with Gasteiger partial charge in [0.15, 0.2) is 0 Å². The van der Waals surface area contributed by atoms with Crippen molar-refractivity contribution >= 4 is 33.3 Å². The highest BCUT2D eigenvalue weighted by Gasteiger charge is 2.17. The van der Waals surface area contributed by atoms with Gasteiger partial charge in [-0.15, -0.1) is 0 Å². The van der Waals surface area contributed by atoms with Gasteiger partial charge in [0.25, 0.3) is 15.9 Å². The molecule has 1 amide bonds. The number of ether oxygens (including phenoxy) is 1. The number of rotatable bonds is 7. The Bertz CT molecular complexity index is 1200. The average molecular weight is 439 g/mol. The SMILES string of the molecule is CCOC(=O)c1cccc(NC(=O)c2cccc(S(=O)(=O)Nc3ccc(C)cc3)c2)c1. The van der Waals surface area contributed by atoms with Crippen LogP contribution >= 0.6 is 0 Å². The predicted octanol–water partition coefficient (Wildman–Crippen LogP) is 4.22. The molecule has 0 aliphatic rings. The molecule has 0 saturated carbocycles. The van der Waals surface area contributed by atoms with Crippen LogP contribution in [0.2, 0.25) is 0 Å². The molecule has 0 aliphatic heterocycles. The molecular weight excluding hydrogens is 416 g/mol. The number of aryl methyl sites for hydroxylation is 1. The van der Waals surface area contributed by atoms with Gasteiger partial charge in [0.2, 0.25) is 0 Å². The van der Waals surface area contributed by atoms with Crippen molar-refractivity contribution in [2.75, 3.05) is 16.6 Å². The summed E-state index contributed by atoms with van der Waals surface area (Å²) in [7, 11) is -3.87. The lowest BCUT2D eigenvalue weighted by Gasteiger charge is -2.10. The van der Waals surface area contributed by atoms with Crippen molar-refractivity contribution in [1.82, 2.24) is 0 Å². The maximum atomic E-state index is 12.7. The van der Waals surface area contributed by atoms with E-state index in [4.69, 9.17) is 4.74 Å². The van der Waals surface area contributed by atoms with Gasteiger partial charge in [-0.2, -0.15) is 0 Å². The summed E-state index contributed by atoms with van der Waals surface area (Å²) in [6.45, 7) is 3.86. The molecule has 7 nitrogen and oxygen atoms in total. The van der Waals surface area contributed by atoms with Gasteiger partial charge in [0.05, 0.1) is 17.1 Å². The molecule has 31 heavy (non-hydrogen) atoms. The molecular formula is C23H22N2O5S. The first kappa shape index (κ1) is 22.0. The van der Waals surface area contributed by atoms with Gasteiger partial charge in [-0.3, -0.25) is 9.52 Å². The fourth-order valence-electron chi connectivity index (χ4n) is 2.78. The van der Waals surface area contributed by atoms with Gasteiger partial charge in [0, 0.05) is 16.9 Å². The van der Waals surface area contributed by atoms with Crippen LogP contribution in [0, 0.1) is 6.92 Å². The number of carbonyl (C=O) groups excluding carboxylic acids is 2. The monoisotopic (exact) mass is 438 g/mol. The van der Waals surface area contributed by atoms with Crippen molar-refractivity contribution in [3.8, 4) is 0 Å². The van der Waals surface area contributed by atoms with Gasteiger partial charge in [0.1, 0.15) is 0 Å². The number of sulfonamides is 1. The summed E-state index contributed by atoms with van der Waals surface area (Å²) in [5.74, 6) is -0.998. The fourth-order valence-corrected chi connectivity index (χ4v) is 3.89. The van der Waals surface area contributed by atoms with Gasteiger partial charge < -0.3 is 10.1 Å². The topological polar surface area (TPSA) is 102 Å². The fraction of sp³-hybridized carbons (Fsp3) is 0.130. The van der Waals surface area contributed by atoms with E-state index in [0.29, 0.717) is 16.9 Å². The number of anilines is 2. The third-order valence-corrected chi connectivity index (χ3v) is 5.72. The Morgan fingerprint density at radius 2 is 1.55 bits per heavy atom. The van der Waals surface area contributed by atoms with E-state index in [-0.39, 0.29) is 17.1 Å². The van der Waals surface area contributed by atoms with E-state index in [0.717, 1.165) is 5.56 Å². The molecule has 3 aromatic carbocycles. The molecule has 160 valence electrons. The number of nitrogens with one attached hydrogen (secondary N) is 2. The maximum absolute atomic E-state index is 12.7. The zero-order valence-electron chi connectivity index (χ0n) is 17.1. The molecule has 0 bridgehead atoms. The number of amides is 1. The van der Waals surface area contributed by atoms with Crippen LogP contribution in [0.25, 0.3) is 0 Å². The molecule has 2 N–H and O–H groups in total. The van der Waals surface area contributed by atoms with E-state index < -0.39 is 21.9 Å². The lowest BCUT2D eigenvalue weighted by Crippen LogP contribution is -2.16. The van der Waals surface area contributed by atoms with Crippen molar-refractivity contribution in [1.29, 1.82) is 0 Å². The van der Waals surface area contributed by atoms with Gasteiger partial charge in [-0.05, 0) is 62.4 Å². The van der Waals surface area contributed by atoms with Crippen LogP contribution < -0.4 is 10.0 Å². The number of benzene rings is 3. The molecule has 0 unspecified atom stereocenters. The van der Waals surface area contributed by atoms with Crippen molar-refractivity contribution in [2.24, 2.45) is 0 Å². The summed E-state index contributed by atoms with van der Waals surface area (Å²) in [5.41, 5.74) is 2.29. The van der Waals surface area contributed by atoms with E-state index >= 15 is 0 Å². The molecule has 8 heteroatoms. The molecule has 0 radical (unpaired) electrons. The first-order chi connectivity index (χ1) is 14.8. The normalized spacial score (nSPS) is 10.9. The Balaban J connectivity index is 1.78. The minimum absolute atomic E-state index is 0.0407. The number of carbonyl (C=O) groups is 2. The molecule has 0 atom stereocenters. The maximum Gasteiger partial charge on any atom is 0.338 e. The molecule has 0 saturated heterocycles. The Hall–Kier alpha value is -3.65. The van der Waals surface area contributed by atoms with E-state index in [1.807, 2.05) is 6.92 Å². The minimum Gasteiger partial charge on any atom is -0.462 e. The molecule has 0 fully saturated rings. The van der Waals surface area contributed by atoms with Gasteiger partial charge in [-0.25, -0.2) is 13.2 Å². The van der Waals surface area contributed by atoms with Crippen LogP contribution in [0.1, 0.15) is 33.2 Å². The van der Waals surface area contributed by atoms with Crippen molar-refractivity contribution in [2.45, 2.75) is 18.7 Å². The second-order valence-corrected chi connectivity index (χ2v) is 8.44. The number of esters is 1. The average Bonchev–Trinajstić information content (AvgIpc) is 2.76. The molecule has 0 heterocycles. The molecule has 0 spiro atoms. The van der Waals surface area contributed by atoms with E-state index in [2.05, 4.69) is 10.0 Å². The second kappa shape index (κ2) is 9.44.